The number of β-amino-alcohol motifs (C(OH)–C–C–N with tert-alkyl or cyclic N) is 1. The second kappa shape index (κ2) is 3.90. The molecule has 3 atom stereocenters. The molecule has 1 aliphatic rings. The summed E-state index contributed by atoms with van der Waals surface area (Å²) in [5, 5.41) is 29.1. The van der Waals surface area contributed by atoms with Gasteiger partial charge in [0, 0.05) is 17.7 Å². The van der Waals surface area contributed by atoms with Crippen LogP contribution in [-0.4, -0.2) is 32.9 Å². The molecule has 2 rings (SSSR count). The molecule has 0 saturated carbocycles. The van der Waals surface area contributed by atoms with Gasteiger partial charge >= 0.3 is 0 Å². The highest BCUT2D eigenvalue weighted by atomic mass is 16.3. The Balaban J connectivity index is 2.28. The fourth-order valence-corrected chi connectivity index (χ4v) is 1.98. The van der Waals surface area contributed by atoms with Crippen LogP contribution in [0.4, 0.5) is 0 Å². The van der Waals surface area contributed by atoms with Crippen molar-refractivity contribution in [2.75, 3.05) is 6.54 Å². The van der Waals surface area contributed by atoms with Crippen LogP contribution in [0.3, 0.4) is 0 Å². The van der Waals surface area contributed by atoms with E-state index in [1.807, 2.05) is 12.1 Å². The maximum atomic E-state index is 9.92. The van der Waals surface area contributed by atoms with Crippen molar-refractivity contribution in [2.45, 2.75) is 25.5 Å². The summed E-state index contributed by atoms with van der Waals surface area (Å²) < 4.78 is 0. The van der Waals surface area contributed by atoms with Crippen molar-refractivity contribution < 1.29 is 15.3 Å². The molecule has 1 aromatic rings. The van der Waals surface area contributed by atoms with Gasteiger partial charge in [0.15, 0.2) is 0 Å². The summed E-state index contributed by atoms with van der Waals surface area (Å²) in [6.07, 6.45) is -2.24. The number of benzene rings is 1. The Morgan fingerprint density at radius 1 is 1.20 bits per heavy atom. The Labute approximate surface area is 88.4 Å². The van der Waals surface area contributed by atoms with Gasteiger partial charge in [0.2, 0.25) is 0 Å². The largest absolute Gasteiger partial charge is 0.392 e. The molecule has 1 aromatic carbocycles. The third-order valence-corrected chi connectivity index (χ3v) is 2.66. The van der Waals surface area contributed by atoms with Gasteiger partial charge in [-0.3, -0.25) is 0 Å². The lowest BCUT2D eigenvalue weighted by atomic mass is 10.1. The Morgan fingerprint density at radius 2 is 1.67 bits per heavy atom. The Kier molecular flexibility index (Phi) is 2.75. The van der Waals surface area contributed by atoms with Crippen molar-refractivity contribution in [1.29, 1.82) is 0 Å². The van der Waals surface area contributed by atoms with Crippen LogP contribution in [-0.2, 0) is 0 Å². The van der Waals surface area contributed by atoms with E-state index in [0.717, 1.165) is 0 Å². The molecule has 4 heteroatoms. The van der Waals surface area contributed by atoms with Crippen LogP contribution in [0.15, 0.2) is 24.3 Å². The fourth-order valence-electron chi connectivity index (χ4n) is 1.98. The molecule has 0 bridgehead atoms. The number of aliphatic hydroxyl groups excluding tert-OH is 3. The van der Waals surface area contributed by atoms with Crippen LogP contribution in [0.25, 0.3) is 0 Å². The zero-order chi connectivity index (χ0) is 11.0. The van der Waals surface area contributed by atoms with Gasteiger partial charge in [-0.15, -0.1) is 0 Å². The van der Waals surface area contributed by atoms with Gasteiger partial charge in [-0.25, -0.2) is 4.90 Å². The molecule has 0 radical (unpaired) electrons. The van der Waals surface area contributed by atoms with E-state index in [9.17, 15) is 15.3 Å². The third kappa shape index (κ3) is 1.77. The first kappa shape index (κ1) is 10.6. The van der Waals surface area contributed by atoms with Crippen molar-refractivity contribution >= 4 is 0 Å². The molecule has 15 heavy (non-hydrogen) atoms. The highest BCUT2D eigenvalue weighted by molar-refractivity contribution is 5.34. The summed E-state index contributed by atoms with van der Waals surface area (Å²) in [5.74, 6) is 0. The summed E-state index contributed by atoms with van der Waals surface area (Å²) >= 11 is 0. The summed E-state index contributed by atoms with van der Waals surface area (Å²) in [6, 6.07) is 7.21. The quantitative estimate of drug-likeness (QED) is 0.658. The number of nitrogens with zero attached hydrogens (tertiary/aromatic N) is 1. The Morgan fingerprint density at radius 3 is 2.07 bits per heavy atom. The van der Waals surface area contributed by atoms with Gasteiger partial charge in [0.05, 0.1) is 6.10 Å². The zero-order valence-electron chi connectivity index (χ0n) is 8.54. The number of hydrogen-bond donors (Lipinski definition) is 3. The van der Waals surface area contributed by atoms with Gasteiger partial charge in [-0.1, -0.05) is 24.3 Å². The van der Waals surface area contributed by atoms with E-state index in [4.69, 9.17) is 0 Å². The molecule has 4 nitrogen and oxygen atoms in total. The van der Waals surface area contributed by atoms with E-state index in [-0.39, 0.29) is 6.54 Å². The van der Waals surface area contributed by atoms with E-state index < -0.39 is 18.6 Å². The minimum Gasteiger partial charge on any atom is -0.392 e. The first-order valence-corrected chi connectivity index (χ1v) is 5.00. The summed E-state index contributed by atoms with van der Waals surface area (Å²) in [6.45, 7) is 1.87. The van der Waals surface area contributed by atoms with E-state index in [1.54, 1.807) is 19.1 Å². The maximum Gasteiger partial charge on any atom is 0.136 e. The average Bonchev–Trinajstić information content (AvgIpc) is 2.44. The van der Waals surface area contributed by atoms with Crippen molar-refractivity contribution in [2.24, 2.45) is 0 Å². The molecular weight excluding hydrogens is 194 g/mol. The van der Waals surface area contributed by atoms with Gasteiger partial charge in [0.1, 0.15) is 12.5 Å². The lowest BCUT2D eigenvalue weighted by Crippen LogP contribution is -2.32. The second-order valence-electron chi connectivity index (χ2n) is 3.92. The van der Waals surface area contributed by atoms with Crippen LogP contribution in [0.5, 0.6) is 0 Å². The monoisotopic (exact) mass is 209 g/mol. The first-order valence-electron chi connectivity index (χ1n) is 5.00. The van der Waals surface area contributed by atoms with Crippen LogP contribution < -0.4 is 0 Å². The van der Waals surface area contributed by atoms with E-state index in [1.165, 1.54) is 4.90 Å². The summed E-state index contributed by atoms with van der Waals surface area (Å²) in [4.78, 5) is 1.47. The molecule has 1 heterocycles. The van der Waals surface area contributed by atoms with Crippen molar-refractivity contribution in [1.82, 2.24) is 4.90 Å². The standard InChI is InChI=1S/C11H15NO3/c1-7(13)6-12-10(14)8-4-2-3-5-9(8)11(12)15/h2-5,7,10-11,13-15H,6H2,1H3. The van der Waals surface area contributed by atoms with E-state index in [0.29, 0.717) is 11.1 Å². The lowest BCUT2D eigenvalue weighted by Gasteiger charge is -2.25. The van der Waals surface area contributed by atoms with Crippen molar-refractivity contribution in [3.63, 3.8) is 0 Å². The van der Waals surface area contributed by atoms with Gasteiger partial charge in [0.25, 0.3) is 0 Å². The van der Waals surface area contributed by atoms with Crippen molar-refractivity contribution in [3.8, 4) is 0 Å². The number of aliphatic hydroxyl groups is 3. The van der Waals surface area contributed by atoms with Gasteiger partial charge in [-0.2, -0.15) is 0 Å². The zero-order valence-corrected chi connectivity index (χ0v) is 8.54. The minimum atomic E-state index is -0.828. The molecule has 0 aromatic heterocycles. The molecule has 1 aliphatic heterocycles. The molecule has 0 aliphatic carbocycles. The van der Waals surface area contributed by atoms with Gasteiger partial charge < -0.3 is 15.3 Å². The molecule has 0 spiro atoms. The summed E-state index contributed by atoms with van der Waals surface area (Å²) in [5.41, 5.74) is 1.43. The second-order valence-corrected chi connectivity index (χ2v) is 3.92. The highest BCUT2D eigenvalue weighted by Crippen LogP contribution is 2.38. The molecule has 3 N–H and O–H groups in total. The average molecular weight is 209 g/mol. The van der Waals surface area contributed by atoms with Crippen LogP contribution in [0, 0.1) is 0 Å². The Bertz CT molecular complexity index is 324. The van der Waals surface area contributed by atoms with Crippen LogP contribution in [0.2, 0.25) is 0 Å². The molecule has 82 valence electrons. The number of rotatable bonds is 2. The third-order valence-electron chi connectivity index (χ3n) is 2.66. The molecule has 3 unspecified atom stereocenters. The van der Waals surface area contributed by atoms with Crippen LogP contribution in [0.1, 0.15) is 30.5 Å². The maximum absolute atomic E-state index is 9.92. The summed E-state index contributed by atoms with van der Waals surface area (Å²) in [7, 11) is 0. The molecule has 0 fully saturated rings. The van der Waals surface area contributed by atoms with E-state index >= 15 is 0 Å². The predicted molar refractivity (Wildman–Crippen MR) is 54.7 cm³/mol. The van der Waals surface area contributed by atoms with E-state index in [2.05, 4.69) is 0 Å². The molecule has 0 amide bonds. The number of hydrogen-bond acceptors (Lipinski definition) is 4. The molecular formula is C11H15NO3. The predicted octanol–water partition coefficient (Wildman–Crippen LogP) is 0.365. The Hall–Kier alpha value is -0.940. The fraction of sp³-hybridized carbons (Fsp3) is 0.455. The number of fused-ring (bicyclic) bond motifs is 1. The smallest absolute Gasteiger partial charge is 0.136 e. The molecule has 0 saturated heterocycles. The SMILES string of the molecule is CC(O)CN1C(O)c2ccccc2C1O. The van der Waals surface area contributed by atoms with Crippen molar-refractivity contribution in [3.05, 3.63) is 35.4 Å². The minimum absolute atomic E-state index is 0.247. The van der Waals surface area contributed by atoms with Gasteiger partial charge in [-0.05, 0) is 6.92 Å². The lowest BCUT2D eigenvalue weighted by molar-refractivity contribution is -0.0990. The van der Waals surface area contributed by atoms with Crippen LogP contribution >= 0.6 is 0 Å². The normalized spacial score (nSPS) is 27.7. The highest BCUT2D eigenvalue weighted by Gasteiger charge is 2.36. The first-order chi connectivity index (χ1) is 7.11. The topological polar surface area (TPSA) is 63.9 Å².